The van der Waals surface area contributed by atoms with Crippen molar-refractivity contribution in [2.75, 3.05) is 45.8 Å². The number of hydrogen-bond acceptors (Lipinski definition) is 8. The summed E-state index contributed by atoms with van der Waals surface area (Å²) in [6.45, 7) is 1.06. The number of amides is 1. The highest BCUT2D eigenvalue weighted by atomic mass is 32.2. The Kier molecular flexibility index (Phi) is 6.73. The summed E-state index contributed by atoms with van der Waals surface area (Å²) in [6, 6.07) is 7.86. The SMILES string of the molecule is COc1ccc(S(=O)(=O)N2CCOCC2)cc1NC(=O)c1ccc(OC)c([N+](=O)[O-])c1. The summed E-state index contributed by atoms with van der Waals surface area (Å²) in [6.07, 6.45) is 0. The van der Waals surface area contributed by atoms with E-state index in [1.165, 1.54) is 48.9 Å². The van der Waals surface area contributed by atoms with Crippen LogP contribution in [0.25, 0.3) is 0 Å². The molecule has 1 aliphatic heterocycles. The third-order valence-corrected chi connectivity index (χ3v) is 6.56. The molecular formula is C19H21N3O8S. The van der Waals surface area contributed by atoms with Gasteiger partial charge in [0, 0.05) is 24.7 Å². The van der Waals surface area contributed by atoms with Crippen LogP contribution in [0.4, 0.5) is 11.4 Å². The number of hydrogen-bond donors (Lipinski definition) is 1. The van der Waals surface area contributed by atoms with Gasteiger partial charge in [0.15, 0.2) is 5.75 Å². The maximum Gasteiger partial charge on any atom is 0.311 e. The Morgan fingerprint density at radius 2 is 1.74 bits per heavy atom. The molecule has 1 heterocycles. The van der Waals surface area contributed by atoms with Gasteiger partial charge in [-0.15, -0.1) is 0 Å². The second-order valence-corrected chi connectivity index (χ2v) is 8.41. The fourth-order valence-corrected chi connectivity index (χ4v) is 4.48. The highest BCUT2D eigenvalue weighted by molar-refractivity contribution is 7.89. The van der Waals surface area contributed by atoms with Crippen molar-refractivity contribution >= 4 is 27.3 Å². The van der Waals surface area contributed by atoms with Gasteiger partial charge in [0.2, 0.25) is 10.0 Å². The van der Waals surface area contributed by atoms with Crippen LogP contribution in [0.2, 0.25) is 0 Å². The van der Waals surface area contributed by atoms with Gasteiger partial charge in [-0.1, -0.05) is 0 Å². The first kappa shape index (κ1) is 22.5. The first-order valence-corrected chi connectivity index (χ1v) is 10.6. The normalized spacial score (nSPS) is 14.6. The number of morpholine rings is 1. The van der Waals surface area contributed by atoms with Gasteiger partial charge in [-0.25, -0.2) is 8.42 Å². The zero-order chi connectivity index (χ0) is 22.6. The maximum atomic E-state index is 12.9. The Bertz CT molecular complexity index is 1100. The number of nitro groups is 1. The second kappa shape index (κ2) is 9.29. The number of carbonyl (C=O) groups is 1. The molecule has 0 unspecified atom stereocenters. The van der Waals surface area contributed by atoms with Crippen LogP contribution in [0.1, 0.15) is 10.4 Å². The maximum absolute atomic E-state index is 12.9. The van der Waals surface area contributed by atoms with Crippen LogP contribution in [0.15, 0.2) is 41.3 Å². The van der Waals surface area contributed by atoms with Crippen LogP contribution < -0.4 is 14.8 Å². The number of benzene rings is 2. The van der Waals surface area contributed by atoms with E-state index < -0.39 is 20.9 Å². The molecule has 0 bridgehead atoms. The summed E-state index contributed by atoms with van der Waals surface area (Å²) in [4.78, 5) is 23.2. The molecular weight excluding hydrogens is 430 g/mol. The number of nitro benzene ring substituents is 1. The number of sulfonamides is 1. The average Bonchev–Trinajstić information content (AvgIpc) is 2.79. The van der Waals surface area contributed by atoms with Crippen molar-refractivity contribution in [3.8, 4) is 11.5 Å². The van der Waals surface area contributed by atoms with Gasteiger partial charge in [-0.2, -0.15) is 4.31 Å². The Hall–Kier alpha value is -3.22. The van der Waals surface area contributed by atoms with Gasteiger partial charge in [-0.3, -0.25) is 14.9 Å². The van der Waals surface area contributed by atoms with Crippen molar-refractivity contribution in [2.45, 2.75) is 4.90 Å². The van der Waals surface area contributed by atoms with E-state index in [0.717, 1.165) is 6.07 Å². The molecule has 1 saturated heterocycles. The lowest BCUT2D eigenvalue weighted by Gasteiger charge is -2.26. The molecule has 0 saturated carbocycles. The molecule has 0 atom stereocenters. The van der Waals surface area contributed by atoms with E-state index in [4.69, 9.17) is 14.2 Å². The minimum Gasteiger partial charge on any atom is -0.495 e. The number of methoxy groups -OCH3 is 2. The summed E-state index contributed by atoms with van der Waals surface area (Å²) >= 11 is 0. The molecule has 1 N–H and O–H groups in total. The predicted molar refractivity (Wildman–Crippen MR) is 110 cm³/mol. The number of nitrogens with one attached hydrogen (secondary N) is 1. The summed E-state index contributed by atoms with van der Waals surface area (Å²) in [5, 5.41) is 13.8. The molecule has 1 aliphatic rings. The first-order chi connectivity index (χ1) is 14.8. The van der Waals surface area contributed by atoms with E-state index >= 15 is 0 Å². The van der Waals surface area contributed by atoms with Crippen LogP contribution >= 0.6 is 0 Å². The van der Waals surface area contributed by atoms with E-state index in [-0.39, 0.29) is 46.4 Å². The predicted octanol–water partition coefficient (Wildman–Crippen LogP) is 1.89. The van der Waals surface area contributed by atoms with Crippen LogP contribution in [0, 0.1) is 10.1 Å². The number of rotatable bonds is 7. The zero-order valence-corrected chi connectivity index (χ0v) is 17.7. The minimum absolute atomic E-state index is 0.00371. The third kappa shape index (κ3) is 4.76. The van der Waals surface area contributed by atoms with Crippen LogP contribution in [-0.4, -0.2) is 64.1 Å². The highest BCUT2D eigenvalue weighted by Crippen LogP contribution is 2.31. The van der Waals surface area contributed by atoms with E-state index in [2.05, 4.69) is 5.32 Å². The van der Waals surface area contributed by atoms with E-state index in [0.29, 0.717) is 13.2 Å². The first-order valence-electron chi connectivity index (χ1n) is 9.17. The summed E-state index contributed by atoms with van der Waals surface area (Å²) in [7, 11) is -1.14. The van der Waals surface area contributed by atoms with Crippen molar-refractivity contribution in [1.29, 1.82) is 0 Å². The van der Waals surface area contributed by atoms with Crippen molar-refractivity contribution in [2.24, 2.45) is 0 Å². The van der Waals surface area contributed by atoms with Crippen molar-refractivity contribution in [3.63, 3.8) is 0 Å². The van der Waals surface area contributed by atoms with Gasteiger partial charge in [0.25, 0.3) is 5.91 Å². The van der Waals surface area contributed by atoms with Crippen molar-refractivity contribution < 1.29 is 32.3 Å². The topological polar surface area (TPSA) is 137 Å². The monoisotopic (exact) mass is 451 g/mol. The van der Waals surface area contributed by atoms with Gasteiger partial charge in [0.1, 0.15) is 5.75 Å². The summed E-state index contributed by atoms with van der Waals surface area (Å²) in [5.41, 5.74) is -0.262. The highest BCUT2D eigenvalue weighted by Gasteiger charge is 2.27. The number of nitrogens with zero attached hydrogens (tertiary/aromatic N) is 2. The largest absolute Gasteiger partial charge is 0.495 e. The number of anilines is 1. The van der Waals surface area contributed by atoms with Crippen LogP contribution in [0.5, 0.6) is 11.5 Å². The van der Waals surface area contributed by atoms with E-state index in [9.17, 15) is 23.3 Å². The van der Waals surface area contributed by atoms with Gasteiger partial charge in [-0.05, 0) is 30.3 Å². The van der Waals surface area contributed by atoms with E-state index in [1.807, 2.05) is 0 Å². The van der Waals surface area contributed by atoms with Gasteiger partial charge < -0.3 is 19.5 Å². The molecule has 0 spiro atoms. The molecule has 12 heteroatoms. The molecule has 2 aromatic rings. The van der Waals surface area contributed by atoms with Gasteiger partial charge in [0.05, 0.1) is 42.9 Å². The second-order valence-electron chi connectivity index (χ2n) is 6.48. The van der Waals surface area contributed by atoms with Crippen molar-refractivity contribution in [1.82, 2.24) is 4.31 Å². The fourth-order valence-electron chi connectivity index (χ4n) is 3.05. The molecule has 3 rings (SSSR count). The fraction of sp³-hybridized carbons (Fsp3) is 0.316. The zero-order valence-electron chi connectivity index (χ0n) is 16.9. The van der Waals surface area contributed by atoms with Crippen molar-refractivity contribution in [3.05, 3.63) is 52.1 Å². The quantitative estimate of drug-likeness (QED) is 0.498. The molecule has 1 amide bonds. The molecule has 0 aromatic heterocycles. The lowest BCUT2D eigenvalue weighted by atomic mass is 10.1. The third-order valence-electron chi connectivity index (χ3n) is 4.66. The lowest BCUT2D eigenvalue weighted by molar-refractivity contribution is -0.385. The molecule has 2 aromatic carbocycles. The Labute approximate surface area is 178 Å². The summed E-state index contributed by atoms with van der Waals surface area (Å²) in [5.74, 6) is -0.431. The van der Waals surface area contributed by atoms with Crippen LogP contribution in [0.3, 0.4) is 0 Å². The molecule has 1 fully saturated rings. The number of ether oxygens (including phenoxy) is 3. The number of carbonyl (C=O) groups excluding carboxylic acids is 1. The lowest BCUT2D eigenvalue weighted by Crippen LogP contribution is -2.40. The van der Waals surface area contributed by atoms with E-state index in [1.54, 1.807) is 0 Å². The van der Waals surface area contributed by atoms with Crippen LogP contribution in [-0.2, 0) is 14.8 Å². The molecule has 11 nitrogen and oxygen atoms in total. The smallest absolute Gasteiger partial charge is 0.311 e. The Balaban J connectivity index is 1.92. The minimum atomic E-state index is -3.80. The Morgan fingerprint density at radius 1 is 1.10 bits per heavy atom. The molecule has 0 radical (unpaired) electrons. The molecule has 166 valence electrons. The Morgan fingerprint density at radius 3 is 2.35 bits per heavy atom. The standard InChI is InChI=1S/C19H21N3O8S/c1-28-17-6-4-14(31(26,27)21-7-9-30-10-8-21)12-15(17)20-19(23)13-3-5-18(29-2)16(11-13)22(24)25/h3-6,11-12H,7-10H2,1-2H3,(H,20,23). The molecule has 0 aliphatic carbocycles. The summed E-state index contributed by atoms with van der Waals surface area (Å²) < 4.78 is 42.5. The average molecular weight is 451 g/mol. The van der Waals surface area contributed by atoms with Gasteiger partial charge >= 0.3 is 5.69 Å². The molecule has 31 heavy (non-hydrogen) atoms.